The zero-order valence-corrected chi connectivity index (χ0v) is 14.6. The number of thiazole rings is 1. The van der Waals surface area contributed by atoms with Crippen molar-refractivity contribution in [2.24, 2.45) is 0 Å². The van der Waals surface area contributed by atoms with Gasteiger partial charge in [0.15, 0.2) is 5.13 Å². The largest absolute Gasteiger partial charge is 0.301 e. The number of halogens is 1. The van der Waals surface area contributed by atoms with Crippen LogP contribution < -0.4 is 5.32 Å². The molecule has 0 bridgehead atoms. The van der Waals surface area contributed by atoms with E-state index in [4.69, 9.17) is 0 Å². The van der Waals surface area contributed by atoms with Crippen molar-refractivity contribution < 1.29 is 4.79 Å². The first-order valence-corrected chi connectivity index (χ1v) is 9.05. The Morgan fingerprint density at radius 2 is 2.10 bits per heavy atom. The molecular weight excluding hydrogens is 348 g/mol. The third-order valence-electron chi connectivity index (χ3n) is 3.37. The van der Waals surface area contributed by atoms with Gasteiger partial charge < -0.3 is 5.32 Å². The van der Waals surface area contributed by atoms with Crippen LogP contribution in [0.3, 0.4) is 0 Å². The molecule has 0 aliphatic heterocycles. The zero-order valence-electron chi connectivity index (χ0n) is 12.2. The summed E-state index contributed by atoms with van der Waals surface area (Å²) in [5.41, 5.74) is 3.35. The maximum Gasteiger partial charge on any atom is 0.236 e. The average Bonchev–Trinajstić information content (AvgIpc) is 2.96. The summed E-state index contributed by atoms with van der Waals surface area (Å²) in [6, 6.07) is 8.55. The van der Waals surface area contributed by atoms with Crippen LogP contribution in [0.15, 0.2) is 29.6 Å². The quantitative estimate of drug-likeness (QED) is 0.726. The third kappa shape index (κ3) is 4.38. The fourth-order valence-corrected chi connectivity index (χ4v) is 3.07. The van der Waals surface area contributed by atoms with Crippen molar-refractivity contribution >= 4 is 38.3 Å². The highest BCUT2D eigenvalue weighted by molar-refractivity contribution is 9.09. The number of amides is 1. The lowest BCUT2D eigenvalue weighted by Gasteiger charge is -2.10. The summed E-state index contributed by atoms with van der Waals surface area (Å²) < 4.78 is 0. The van der Waals surface area contributed by atoms with E-state index in [1.54, 1.807) is 0 Å². The summed E-state index contributed by atoms with van der Waals surface area (Å²) in [6.45, 7) is 4.47. The first-order chi connectivity index (χ1) is 10.1. The van der Waals surface area contributed by atoms with Crippen LogP contribution in [0.2, 0.25) is 0 Å². The molecule has 1 aromatic carbocycles. The summed E-state index contributed by atoms with van der Waals surface area (Å²) in [5.74, 6) is 0.507. The van der Waals surface area contributed by atoms with Gasteiger partial charge in [0.1, 0.15) is 0 Å². The van der Waals surface area contributed by atoms with Crippen molar-refractivity contribution in [3.05, 3.63) is 35.2 Å². The van der Waals surface area contributed by atoms with Gasteiger partial charge in [-0.3, -0.25) is 4.79 Å². The molecule has 3 nitrogen and oxygen atoms in total. The Hall–Kier alpha value is -1.20. The molecule has 2 aromatic rings. The molecule has 0 fully saturated rings. The molecule has 0 saturated heterocycles. The predicted octanol–water partition coefficient (Wildman–Crippen LogP) is 5.05. The van der Waals surface area contributed by atoms with E-state index in [1.165, 1.54) is 29.7 Å². The molecule has 1 heterocycles. The Balaban J connectivity index is 2.10. The summed E-state index contributed by atoms with van der Waals surface area (Å²) >= 11 is 4.57. The summed E-state index contributed by atoms with van der Waals surface area (Å²) in [6.07, 6.45) is 2.41. The van der Waals surface area contributed by atoms with Crippen LogP contribution in [0.1, 0.15) is 38.2 Å². The molecule has 0 radical (unpaired) electrons. The summed E-state index contributed by atoms with van der Waals surface area (Å²) in [7, 11) is 0. The number of carbonyl (C=O) groups is 1. The van der Waals surface area contributed by atoms with E-state index >= 15 is 0 Å². The molecule has 5 heteroatoms. The monoisotopic (exact) mass is 366 g/mol. The van der Waals surface area contributed by atoms with Gasteiger partial charge in [-0.1, -0.05) is 60.5 Å². The minimum Gasteiger partial charge on any atom is -0.301 e. The van der Waals surface area contributed by atoms with Crippen LogP contribution >= 0.6 is 27.3 Å². The minimum atomic E-state index is -0.0837. The Morgan fingerprint density at radius 1 is 1.38 bits per heavy atom. The van der Waals surface area contributed by atoms with Crippen LogP contribution in [-0.4, -0.2) is 16.2 Å². The summed E-state index contributed by atoms with van der Waals surface area (Å²) in [5, 5.41) is 5.64. The van der Waals surface area contributed by atoms with Crippen molar-refractivity contribution in [3.8, 4) is 11.3 Å². The van der Waals surface area contributed by atoms with Crippen LogP contribution in [0, 0.1) is 0 Å². The number of carbonyl (C=O) groups excluding carboxylic acids is 1. The Kier molecular flexibility index (Phi) is 5.94. The topological polar surface area (TPSA) is 42.0 Å². The SMILES string of the molecule is CCCC(C)c1ccc(-c2csc(NC(=O)CBr)n2)cc1. The van der Waals surface area contributed by atoms with Crippen LogP contribution in [0.25, 0.3) is 11.3 Å². The number of alkyl halides is 1. The minimum absolute atomic E-state index is 0.0837. The molecule has 21 heavy (non-hydrogen) atoms. The average molecular weight is 367 g/mol. The van der Waals surface area contributed by atoms with Gasteiger partial charge in [-0.05, 0) is 17.9 Å². The van der Waals surface area contributed by atoms with E-state index in [0.717, 1.165) is 11.3 Å². The van der Waals surface area contributed by atoms with E-state index in [9.17, 15) is 4.79 Å². The van der Waals surface area contributed by atoms with Crippen molar-refractivity contribution in [1.82, 2.24) is 4.98 Å². The fraction of sp³-hybridized carbons (Fsp3) is 0.375. The smallest absolute Gasteiger partial charge is 0.236 e. The van der Waals surface area contributed by atoms with Gasteiger partial charge in [-0.15, -0.1) is 11.3 Å². The first-order valence-electron chi connectivity index (χ1n) is 7.05. The van der Waals surface area contributed by atoms with E-state index < -0.39 is 0 Å². The second-order valence-electron chi connectivity index (χ2n) is 5.03. The van der Waals surface area contributed by atoms with E-state index in [0.29, 0.717) is 11.0 Å². The van der Waals surface area contributed by atoms with Crippen LogP contribution in [0.4, 0.5) is 5.13 Å². The van der Waals surface area contributed by atoms with Crippen LogP contribution in [0.5, 0.6) is 0 Å². The predicted molar refractivity (Wildman–Crippen MR) is 93.3 cm³/mol. The number of anilines is 1. The third-order valence-corrected chi connectivity index (χ3v) is 4.64. The van der Waals surface area contributed by atoms with Gasteiger partial charge in [-0.25, -0.2) is 4.98 Å². The second-order valence-corrected chi connectivity index (χ2v) is 6.45. The maximum atomic E-state index is 11.3. The lowest BCUT2D eigenvalue weighted by atomic mass is 9.95. The number of nitrogens with one attached hydrogen (secondary N) is 1. The molecule has 2 rings (SSSR count). The first kappa shape index (κ1) is 16.2. The molecule has 1 amide bonds. The number of aromatic nitrogens is 1. The lowest BCUT2D eigenvalue weighted by molar-refractivity contribution is -0.113. The molecule has 0 aliphatic rings. The highest BCUT2D eigenvalue weighted by Gasteiger charge is 2.08. The molecule has 1 unspecified atom stereocenters. The fourth-order valence-electron chi connectivity index (χ4n) is 2.20. The number of hydrogen-bond donors (Lipinski definition) is 1. The van der Waals surface area contributed by atoms with E-state index in [2.05, 4.69) is 64.3 Å². The van der Waals surface area contributed by atoms with E-state index in [-0.39, 0.29) is 11.2 Å². The van der Waals surface area contributed by atoms with Gasteiger partial charge >= 0.3 is 0 Å². The number of hydrogen-bond acceptors (Lipinski definition) is 3. The summed E-state index contributed by atoms with van der Waals surface area (Å²) in [4.78, 5) is 15.8. The second kappa shape index (κ2) is 7.71. The van der Waals surface area contributed by atoms with Crippen molar-refractivity contribution in [1.29, 1.82) is 0 Å². The molecule has 1 N–H and O–H groups in total. The molecule has 1 aromatic heterocycles. The molecule has 0 saturated carbocycles. The highest BCUT2D eigenvalue weighted by atomic mass is 79.9. The Morgan fingerprint density at radius 3 is 2.71 bits per heavy atom. The zero-order chi connectivity index (χ0) is 15.2. The molecule has 0 aliphatic carbocycles. The standard InChI is InChI=1S/C16H19BrN2OS/c1-3-4-11(2)12-5-7-13(8-6-12)14-10-21-16(18-14)19-15(20)9-17/h5-8,10-11H,3-4,9H2,1-2H3,(H,18,19,20). The number of nitrogens with zero attached hydrogens (tertiary/aromatic N) is 1. The van der Waals surface area contributed by atoms with Gasteiger partial charge in [-0.2, -0.15) is 0 Å². The van der Waals surface area contributed by atoms with Crippen molar-refractivity contribution in [3.63, 3.8) is 0 Å². The molecular formula is C16H19BrN2OS. The molecule has 112 valence electrons. The molecule has 0 spiro atoms. The van der Waals surface area contributed by atoms with E-state index in [1.807, 2.05) is 5.38 Å². The Labute approximate surface area is 137 Å². The van der Waals surface area contributed by atoms with Crippen molar-refractivity contribution in [2.75, 3.05) is 10.6 Å². The number of rotatable bonds is 6. The Bertz CT molecular complexity index is 595. The lowest BCUT2D eigenvalue weighted by Crippen LogP contribution is -2.11. The van der Waals surface area contributed by atoms with Crippen LogP contribution in [-0.2, 0) is 4.79 Å². The maximum absolute atomic E-state index is 11.3. The highest BCUT2D eigenvalue weighted by Crippen LogP contribution is 2.27. The normalized spacial score (nSPS) is 12.1. The van der Waals surface area contributed by atoms with Gasteiger partial charge in [0, 0.05) is 10.9 Å². The molecule has 1 atom stereocenters. The van der Waals surface area contributed by atoms with Gasteiger partial charge in [0.25, 0.3) is 0 Å². The van der Waals surface area contributed by atoms with Crippen molar-refractivity contribution in [2.45, 2.75) is 32.6 Å². The van der Waals surface area contributed by atoms with Gasteiger partial charge in [0.05, 0.1) is 11.0 Å². The number of benzene rings is 1. The van der Waals surface area contributed by atoms with Gasteiger partial charge in [0.2, 0.25) is 5.91 Å².